The van der Waals surface area contributed by atoms with Gasteiger partial charge in [-0.2, -0.15) is 0 Å². The Bertz CT molecular complexity index is 874. The molecular formula is C20H19NO5. The Kier molecular flexibility index (Phi) is 5.14. The van der Waals surface area contributed by atoms with Gasteiger partial charge in [-0.15, -0.1) is 0 Å². The average Bonchev–Trinajstić information content (AvgIpc) is 2.86. The number of imide groups is 1. The van der Waals surface area contributed by atoms with E-state index in [2.05, 4.69) is 0 Å². The number of nitrogens with zero attached hydrogens (tertiary/aromatic N) is 1. The molecule has 0 aliphatic carbocycles. The highest BCUT2D eigenvalue weighted by Crippen LogP contribution is 2.25. The largest absolute Gasteiger partial charge is 0.423 e. The number of hydrogen-bond acceptors (Lipinski definition) is 5. The Morgan fingerprint density at radius 2 is 1.81 bits per heavy atom. The van der Waals surface area contributed by atoms with Crippen molar-refractivity contribution in [3.8, 4) is 5.75 Å². The highest BCUT2D eigenvalue weighted by Gasteiger charge is 2.35. The second kappa shape index (κ2) is 7.49. The van der Waals surface area contributed by atoms with Crippen molar-refractivity contribution >= 4 is 17.8 Å². The maximum absolute atomic E-state index is 12.5. The van der Waals surface area contributed by atoms with Gasteiger partial charge in [0.25, 0.3) is 11.8 Å². The molecule has 2 aromatic rings. The molecule has 1 aliphatic rings. The van der Waals surface area contributed by atoms with Crippen LogP contribution in [0.4, 0.5) is 0 Å². The van der Waals surface area contributed by atoms with Crippen molar-refractivity contribution in [2.24, 2.45) is 0 Å². The highest BCUT2D eigenvalue weighted by molar-refractivity contribution is 6.22. The second-order valence-corrected chi connectivity index (χ2v) is 6.07. The van der Waals surface area contributed by atoms with E-state index in [9.17, 15) is 14.4 Å². The van der Waals surface area contributed by atoms with Crippen molar-refractivity contribution in [2.75, 3.05) is 20.3 Å². The molecule has 0 saturated carbocycles. The van der Waals surface area contributed by atoms with Crippen LogP contribution >= 0.6 is 0 Å². The SMILES string of the molecule is COCCCN1C(=O)c2ccc(C(=O)Oc3cccc(C)c3)cc2C1=O. The van der Waals surface area contributed by atoms with E-state index in [0.29, 0.717) is 24.3 Å². The first-order valence-corrected chi connectivity index (χ1v) is 8.29. The molecule has 1 aliphatic heterocycles. The van der Waals surface area contributed by atoms with Crippen LogP contribution in [0.3, 0.4) is 0 Å². The summed E-state index contributed by atoms with van der Waals surface area (Å²) in [6.07, 6.45) is 0.560. The van der Waals surface area contributed by atoms with Crippen LogP contribution < -0.4 is 4.74 Å². The number of rotatable bonds is 6. The average molecular weight is 353 g/mol. The number of aryl methyl sites for hydroxylation is 1. The summed E-state index contributed by atoms with van der Waals surface area (Å²) in [5, 5.41) is 0. The number of benzene rings is 2. The molecule has 1 heterocycles. The number of esters is 1. The van der Waals surface area contributed by atoms with Gasteiger partial charge in [0.15, 0.2) is 0 Å². The topological polar surface area (TPSA) is 72.9 Å². The quantitative estimate of drug-likeness (QED) is 0.346. The molecule has 6 nitrogen and oxygen atoms in total. The number of hydrogen-bond donors (Lipinski definition) is 0. The molecule has 6 heteroatoms. The summed E-state index contributed by atoms with van der Waals surface area (Å²) in [7, 11) is 1.56. The van der Waals surface area contributed by atoms with Crippen LogP contribution in [-0.2, 0) is 4.74 Å². The monoisotopic (exact) mass is 353 g/mol. The Morgan fingerprint density at radius 3 is 2.54 bits per heavy atom. The molecule has 0 N–H and O–H groups in total. The van der Waals surface area contributed by atoms with E-state index in [1.807, 2.05) is 13.0 Å². The minimum absolute atomic E-state index is 0.227. The van der Waals surface area contributed by atoms with E-state index < -0.39 is 11.9 Å². The Morgan fingerprint density at radius 1 is 1.04 bits per heavy atom. The zero-order chi connectivity index (χ0) is 18.7. The van der Waals surface area contributed by atoms with E-state index in [0.717, 1.165) is 5.56 Å². The van der Waals surface area contributed by atoms with Crippen molar-refractivity contribution in [3.63, 3.8) is 0 Å². The molecule has 0 atom stereocenters. The number of carbonyl (C=O) groups excluding carboxylic acids is 3. The van der Waals surface area contributed by atoms with Crippen LogP contribution in [0.2, 0.25) is 0 Å². The molecule has 0 saturated heterocycles. The lowest BCUT2D eigenvalue weighted by atomic mass is 10.1. The summed E-state index contributed by atoms with van der Waals surface area (Å²) in [6.45, 7) is 2.64. The smallest absolute Gasteiger partial charge is 0.343 e. The first-order valence-electron chi connectivity index (χ1n) is 8.29. The first kappa shape index (κ1) is 17.8. The Labute approximate surface area is 151 Å². The van der Waals surface area contributed by atoms with Gasteiger partial charge in [-0.1, -0.05) is 12.1 Å². The standard InChI is InChI=1S/C20H19NO5/c1-13-5-3-6-15(11-13)26-20(24)14-7-8-16-17(12-14)19(23)21(18(16)22)9-4-10-25-2/h3,5-8,11-12H,4,9-10H2,1-2H3. The molecule has 0 aromatic heterocycles. The van der Waals surface area contributed by atoms with Crippen molar-refractivity contribution < 1.29 is 23.9 Å². The number of amides is 2. The Hall–Kier alpha value is -2.99. The lowest BCUT2D eigenvalue weighted by Gasteiger charge is -2.12. The third-order valence-electron chi connectivity index (χ3n) is 4.14. The minimum atomic E-state index is -0.573. The maximum Gasteiger partial charge on any atom is 0.343 e. The number of fused-ring (bicyclic) bond motifs is 1. The van der Waals surface area contributed by atoms with Crippen LogP contribution in [-0.4, -0.2) is 42.9 Å². The minimum Gasteiger partial charge on any atom is -0.423 e. The van der Waals surface area contributed by atoms with E-state index >= 15 is 0 Å². The molecule has 0 radical (unpaired) electrons. The molecule has 134 valence electrons. The van der Waals surface area contributed by atoms with Gasteiger partial charge in [0.1, 0.15) is 5.75 Å². The molecule has 0 spiro atoms. The first-order chi connectivity index (χ1) is 12.5. The van der Waals surface area contributed by atoms with Gasteiger partial charge in [-0.05, 0) is 49.2 Å². The zero-order valence-electron chi connectivity index (χ0n) is 14.7. The fourth-order valence-corrected chi connectivity index (χ4v) is 2.83. The van der Waals surface area contributed by atoms with Gasteiger partial charge in [0.2, 0.25) is 0 Å². The molecular weight excluding hydrogens is 334 g/mol. The predicted octanol–water partition coefficient (Wildman–Crippen LogP) is 2.85. The lowest BCUT2D eigenvalue weighted by Crippen LogP contribution is -2.31. The van der Waals surface area contributed by atoms with E-state index in [4.69, 9.17) is 9.47 Å². The fourth-order valence-electron chi connectivity index (χ4n) is 2.83. The summed E-state index contributed by atoms with van der Waals surface area (Å²) in [4.78, 5) is 38.4. The van der Waals surface area contributed by atoms with Gasteiger partial charge < -0.3 is 9.47 Å². The van der Waals surface area contributed by atoms with Crippen LogP contribution in [0.5, 0.6) is 5.75 Å². The van der Waals surface area contributed by atoms with Crippen molar-refractivity contribution in [2.45, 2.75) is 13.3 Å². The van der Waals surface area contributed by atoms with Gasteiger partial charge in [-0.25, -0.2) is 4.79 Å². The van der Waals surface area contributed by atoms with Crippen LogP contribution in [0.25, 0.3) is 0 Å². The van der Waals surface area contributed by atoms with Crippen molar-refractivity contribution in [1.29, 1.82) is 0 Å². The summed E-state index contributed by atoms with van der Waals surface area (Å²) in [5.41, 5.74) is 1.73. The molecule has 26 heavy (non-hydrogen) atoms. The maximum atomic E-state index is 12.5. The number of ether oxygens (including phenoxy) is 2. The normalized spacial score (nSPS) is 13.1. The number of methoxy groups -OCH3 is 1. The summed E-state index contributed by atoms with van der Waals surface area (Å²) in [5.74, 6) is -0.887. The molecule has 2 amide bonds. The van der Waals surface area contributed by atoms with Crippen LogP contribution in [0.15, 0.2) is 42.5 Å². The summed E-state index contributed by atoms with van der Waals surface area (Å²) < 4.78 is 10.3. The van der Waals surface area contributed by atoms with Crippen LogP contribution in [0, 0.1) is 6.92 Å². The van der Waals surface area contributed by atoms with E-state index in [1.54, 1.807) is 25.3 Å². The molecule has 0 bridgehead atoms. The zero-order valence-corrected chi connectivity index (χ0v) is 14.7. The van der Waals surface area contributed by atoms with Gasteiger partial charge >= 0.3 is 5.97 Å². The third-order valence-corrected chi connectivity index (χ3v) is 4.14. The third kappa shape index (κ3) is 3.50. The number of carbonyl (C=O) groups is 3. The van der Waals surface area contributed by atoms with Gasteiger partial charge in [-0.3, -0.25) is 14.5 Å². The molecule has 0 fully saturated rings. The fraction of sp³-hybridized carbons (Fsp3) is 0.250. The summed E-state index contributed by atoms with van der Waals surface area (Å²) in [6, 6.07) is 11.5. The molecule has 0 unspecified atom stereocenters. The molecule has 2 aromatic carbocycles. The van der Waals surface area contributed by atoms with Crippen LogP contribution in [0.1, 0.15) is 43.1 Å². The second-order valence-electron chi connectivity index (χ2n) is 6.07. The predicted molar refractivity (Wildman–Crippen MR) is 94.4 cm³/mol. The van der Waals surface area contributed by atoms with Gasteiger partial charge in [0, 0.05) is 20.3 Å². The van der Waals surface area contributed by atoms with E-state index in [1.165, 1.54) is 23.1 Å². The summed E-state index contributed by atoms with van der Waals surface area (Å²) >= 11 is 0. The van der Waals surface area contributed by atoms with Gasteiger partial charge in [0.05, 0.1) is 16.7 Å². The molecule has 3 rings (SSSR count). The lowest BCUT2D eigenvalue weighted by molar-refractivity contribution is 0.0638. The van der Waals surface area contributed by atoms with Crippen molar-refractivity contribution in [3.05, 3.63) is 64.7 Å². The Balaban J connectivity index is 1.78. The van der Waals surface area contributed by atoms with E-state index in [-0.39, 0.29) is 23.6 Å². The van der Waals surface area contributed by atoms with Crippen molar-refractivity contribution in [1.82, 2.24) is 4.90 Å². The highest BCUT2D eigenvalue weighted by atomic mass is 16.5.